The number of carbonyl (C=O) groups is 8. The lowest BCUT2D eigenvalue weighted by Crippen LogP contribution is -2.67. The highest BCUT2D eigenvalue weighted by Crippen LogP contribution is 2.35. The number of carboxylic acid groups (broad SMARTS) is 4. The van der Waals surface area contributed by atoms with Gasteiger partial charge in [0.1, 0.15) is 55.6 Å². The highest BCUT2D eigenvalue weighted by atomic mass is 16.8. The molecule has 4 rings (SSSR count). The maximum Gasteiger partial charge on any atom is 0.317 e. The van der Waals surface area contributed by atoms with Crippen LogP contribution in [0.1, 0.15) is 33.3 Å². The van der Waals surface area contributed by atoms with Crippen LogP contribution in [0.2, 0.25) is 0 Å². The molecule has 16 atom stereocenters. The summed E-state index contributed by atoms with van der Waals surface area (Å²) in [6.07, 6.45) is -29.0. The second-order valence-corrected chi connectivity index (χ2v) is 18.5. The van der Waals surface area contributed by atoms with E-state index >= 15 is 0 Å². The maximum absolute atomic E-state index is 14.4. The van der Waals surface area contributed by atoms with Crippen LogP contribution < -0.4 is 5.32 Å². The molecule has 0 bridgehead atoms. The van der Waals surface area contributed by atoms with Crippen molar-refractivity contribution in [1.82, 2.24) is 14.7 Å². The SMILES string of the molecule is CC(C)O[C@@H]1C(OC=O)O[C@@H](O[C@@H]2C(C(=O)Nc3ccc(CC(CN(CCN(CC(=O)O)CC(=O)O)CC(=O)O)N(COC=O)CC(=O)O)cc3)O[C@@H](O[C@@H]3C(OC=O)O[C@@H](C(C)C)C(O)[C@H]3O)C(O)[C@H]2O)C(O)[C@H]1O. The van der Waals surface area contributed by atoms with Gasteiger partial charge in [0.15, 0.2) is 24.8 Å². The van der Waals surface area contributed by atoms with Crippen molar-refractivity contribution in [3.8, 4) is 0 Å². The molecule has 1 amide bonds. The quantitative estimate of drug-likeness (QED) is 0.0182. The molecule has 0 aliphatic carbocycles. The van der Waals surface area contributed by atoms with Crippen molar-refractivity contribution in [3.05, 3.63) is 29.8 Å². The van der Waals surface area contributed by atoms with Crippen molar-refractivity contribution in [2.45, 2.75) is 139 Å². The Morgan fingerprint density at radius 3 is 1.63 bits per heavy atom. The van der Waals surface area contributed by atoms with E-state index < -0.39 is 173 Å². The Morgan fingerprint density at radius 1 is 0.605 bits per heavy atom. The third-order valence-corrected chi connectivity index (χ3v) is 12.1. The van der Waals surface area contributed by atoms with E-state index in [4.69, 9.17) is 42.6 Å². The first-order chi connectivity index (χ1) is 35.9. The van der Waals surface area contributed by atoms with Gasteiger partial charge >= 0.3 is 23.9 Å². The molecular weight excluding hydrogens is 1030 g/mol. The Kier molecular flexibility index (Phi) is 24.6. The molecule has 11 N–H and O–H groups in total. The number of aliphatic hydroxyl groups is 6. The van der Waals surface area contributed by atoms with E-state index in [2.05, 4.69) is 5.32 Å². The third-order valence-electron chi connectivity index (χ3n) is 12.1. The topological polar surface area (TPSA) is 444 Å². The Balaban J connectivity index is 1.67. The number of anilines is 1. The molecule has 1 aromatic carbocycles. The lowest BCUT2D eigenvalue weighted by atomic mass is 9.91. The number of carboxylic acids is 4. The molecular formula is C45H66N4O27. The number of aliphatic carboxylic acids is 4. The van der Waals surface area contributed by atoms with E-state index in [0.29, 0.717) is 5.56 Å². The van der Waals surface area contributed by atoms with Crippen molar-refractivity contribution >= 4 is 54.9 Å². The standard InChI is InChI=1S/C45H66N4O27/c1-21(2)36-30(61)31(62)39(44(72-36)69-19-51)74-42-34(65)32(63)37(73-43-35(66)33(64)38(71-22(3)4)45(76-43)70-20-52)40(75-42)41(67)46-24-7-5-23(6-8-24)11-25(49(16-29(59)60)17-68-18-50)12-47(13-26(53)54)9-10-48(14-27(55)56)15-28(57)58/h5-8,18-22,25,30-40,42-45,61-66H,9-17H2,1-4H3,(H,46,67)(H,53,54)(H,55,56)(H,57,58)(H,59,60)/t25?,30?,31-,32-,33-,34?,35?,36+,37+,38+,39+,40?,42-,43-,44?,45?/m1/s1. The number of amides is 1. The number of rotatable bonds is 32. The van der Waals surface area contributed by atoms with Crippen molar-refractivity contribution < 1.29 is 132 Å². The summed E-state index contributed by atoms with van der Waals surface area (Å²) in [6, 6.07) is 4.56. The Bertz CT molecular complexity index is 2060. The van der Waals surface area contributed by atoms with Crippen LogP contribution >= 0.6 is 0 Å². The Hall–Kier alpha value is -5.62. The summed E-state index contributed by atoms with van der Waals surface area (Å²) in [5.41, 5.74) is 0.383. The molecule has 3 saturated heterocycles. The van der Waals surface area contributed by atoms with Crippen molar-refractivity contribution in [2.24, 2.45) is 5.92 Å². The van der Waals surface area contributed by atoms with Gasteiger partial charge in [0, 0.05) is 31.4 Å². The van der Waals surface area contributed by atoms with Gasteiger partial charge in [-0.05, 0) is 43.9 Å². The Morgan fingerprint density at radius 2 is 1.11 bits per heavy atom. The zero-order valence-electron chi connectivity index (χ0n) is 41.6. The first kappa shape index (κ1) is 62.9. The number of nitrogens with one attached hydrogen (secondary N) is 1. The van der Waals surface area contributed by atoms with E-state index in [0.717, 1.165) is 4.90 Å². The van der Waals surface area contributed by atoms with Crippen LogP contribution in [-0.4, -0.2) is 272 Å². The van der Waals surface area contributed by atoms with Gasteiger partial charge in [0.2, 0.25) is 12.6 Å². The van der Waals surface area contributed by atoms with Crippen LogP contribution in [0, 0.1) is 5.92 Å². The van der Waals surface area contributed by atoms with Gasteiger partial charge in [0.25, 0.3) is 25.3 Å². The average Bonchev–Trinajstić information content (AvgIpc) is 3.33. The molecule has 0 spiro atoms. The van der Waals surface area contributed by atoms with E-state index in [1.54, 1.807) is 27.7 Å². The number of carbonyl (C=O) groups excluding carboxylic acids is 4. The number of aliphatic hydroxyl groups excluding tert-OH is 6. The second-order valence-electron chi connectivity index (χ2n) is 18.5. The minimum atomic E-state index is -2.26. The van der Waals surface area contributed by atoms with Crippen LogP contribution in [-0.2, 0) is 87.4 Å². The summed E-state index contributed by atoms with van der Waals surface area (Å²) in [4.78, 5) is 98.9. The minimum Gasteiger partial charge on any atom is -0.480 e. The summed E-state index contributed by atoms with van der Waals surface area (Å²) >= 11 is 0. The van der Waals surface area contributed by atoms with Crippen LogP contribution in [0.3, 0.4) is 0 Å². The molecule has 7 unspecified atom stereocenters. The summed E-state index contributed by atoms with van der Waals surface area (Å²) in [6.45, 7) is 2.23. The van der Waals surface area contributed by atoms with Gasteiger partial charge in [-0.1, -0.05) is 26.0 Å². The van der Waals surface area contributed by atoms with Gasteiger partial charge in [-0.15, -0.1) is 0 Å². The van der Waals surface area contributed by atoms with Crippen LogP contribution in [0.25, 0.3) is 0 Å². The zero-order chi connectivity index (χ0) is 56.6. The molecule has 3 aliphatic rings. The molecule has 1 aromatic rings. The highest BCUT2D eigenvalue weighted by molar-refractivity contribution is 5.94. The summed E-state index contributed by atoms with van der Waals surface area (Å²) in [5, 5.41) is 108. The number of nitrogens with zero attached hydrogens (tertiary/aromatic N) is 3. The predicted octanol–water partition coefficient (Wildman–Crippen LogP) is -5.23. The van der Waals surface area contributed by atoms with Gasteiger partial charge < -0.3 is 99.0 Å². The average molecular weight is 1100 g/mol. The highest BCUT2D eigenvalue weighted by Gasteiger charge is 2.56. The predicted molar refractivity (Wildman–Crippen MR) is 246 cm³/mol. The van der Waals surface area contributed by atoms with Gasteiger partial charge in [0.05, 0.1) is 38.4 Å². The number of benzene rings is 1. The molecule has 3 fully saturated rings. The normalized spacial score (nSPS) is 30.2. The molecule has 0 saturated carbocycles. The van der Waals surface area contributed by atoms with Crippen LogP contribution in [0.15, 0.2) is 24.3 Å². The first-order valence-electron chi connectivity index (χ1n) is 23.6. The summed E-state index contributed by atoms with van der Waals surface area (Å²) in [7, 11) is 0. The fourth-order valence-electron chi connectivity index (χ4n) is 8.59. The maximum atomic E-state index is 14.4. The van der Waals surface area contributed by atoms with Crippen molar-refractivity contribution in [3.63, 3.8) is 0 Å². The summed E-state index contributed by atoms with van der Waals surface area (Å²) < 4.78 is 49.2. The molecule has 76 heavy (non-hydrogen) atoms. The van der Waals surface area contributed by atoms with Crippen LogP contribution in [0.5, 0.6) is 0 Å². The van der Waals surface area contributed by atoms with Gasteiger partial charge in [-0.25, -0.2) is 0 Å². The number of hydrogen-bond acceptors (Lipinski definition) is 26. The molecule has 3 aliphatic heterocycles. The monoisotopic (exact) mass is 1090 g/mol. The fraction of sp³-hybridized carbons (Fsp3) is 0.689. The smallest absolute Gasteiger partial charge is 0.317 e. The lowest BCUT2D eigenvalue weighted by molar-refractivity contribution is -0.388. The number of hydrogen-bond donors (Lipinski definition) is 11. The van der Waals surface area contributed by atoms with Crippen molar-refractivity contribution in [1.29, 1.82) is 0 Å². The van der Waals surface area contributed by atoms with Gasteiger partial charge in [-0.3, -0.25) is 53.1 Å². The molecule has 428 valence electrons. The van der Waals surface area contributed by atoms with E-state index in [-0.39, 0.29) is 51.2 Å². The molecule has 0 aromatic heterocycles. The number of ether oxygens (including phenoxy) is 9. The zero-order valence-corrected chi connectivity index (χ0v) is 41.6. The minimum absolute atomic E-state index is 0.0160. The third kappa shape index (κ3) is 18.0. The van der Waals surface area contributed by atoms with Crippen molar-refractivity contribution in [2.75, 3.05) is 57.9 Å². The van der Waals surface area contributed by atoms with Gasteiger partial charge in [-0.2, -0.15) is 0 Å². The largest absolute Gasteiger partial charge is 0.480 e. The molecule has 31 heteroatoms. The Labute approximate surface area is 433 Å². The van der Waals surface area contributed by atoms with E-state index in [1.165, 1.54) is 34.1 Å². The molecule has 0 radical (unpaired) electrons. The second kappa shape index (κ2) is 29.8. The van der Waals surface area contributed by atoms with E-state index in [1.807, 2.05) is 0 Å². The summed E-state index contributed by atoms with van der Waals surface area (Å²) in [5.74, 6) is -7.05. The van der Waals surface area contributed by atoms with E-state index in [9.17, 15) is 89.4 Å². The van der Waals surface area contributed by atoms with Crippen LogP contribution in [0.4, 0.5) is 5.69 Å². The molecule has 31 nitrogen and oxygen atoms in total. The lowest BCUT2D eigenvalue weighted by Gasteiger charge is -2.48. The first-order valence-corrected chi connectivity index (χ1v) is 23.6. The molecule has 3 heterocycles. The fourth-order valence-corrected chi connectivity index (χ4v) is 8.59.